The Bertz CT molecular complexity index is 787. The number of hydrogen-bond acceptors (Lipinski definition) is 2. The van der Waals surface area contributed by atoms with Gasteiger partial charge in [0.15, 0.2) is 0 Å². The molecule has 2 N–H and O–H groups in total. The minimum atomic E-state index is 0.332. The van der Waals surface area contributed by atoms with Crippen LogP contribution in [0.5, 0.6) is 0 Å². The average molecular weight is 304 g/mol. The molecule has 0 spiro atoms. The van der Waals surface area contributed by atoms with E-state index in [2.05, 4.69) is 85.7 Å². The van der Waals surface area contributed by atoms with Gasteiger partial charge >= 0.3 is 0 Å². The molecule has 118 valence electrons. The lowest BCUT2D eigenvalue weighted by Gasteiger charge is -2.19. The number of anilines is 1. The van der Waals surface area contributed by atoms with Gasteiger partial charge in [-0.25, -0.2) is 0 Å². The van der Waals surface area contributed by atoms with Gasteiger partial charge < -0.3 is 10.6 Å². The van der Waals surface area contributed by atoms with E-state index >= 15 is 0 Å². The lowest BCUT2D eigenvalue weighted by Crippen LogP contribution is -2.16. The van der Waals surface area contributed by atoms with Crippen molar-refractivity contribution in [1.29, 1.82) is 0 Å². The van der Waals surface area contributed by atoms with Crippen LogP contribution >= 0.6 is 0 Å². The third-order valence-corrected chi connectivity index (χ3v) is 4.46. The summed E-state index contributed by atoms with van der Waals surface area (Å²) in [6.45, 7) is 0.653. The Morgan fingerprint density at radius 3 is 2.43 bits per heavy atom. The first-order valence-corrected chi connectivity index (χ1v) is 8.13. The number of rotatable bonds is 5. The quantitative estimate of drug-likeness (QED) is 0.766. The molecule has 3 aromatic carbocycles. The molecule has 0 aliphatic heterocycles. The van der Waals surface area contributed by atoms with E-state index in [0.717, 1.165) is 6.42 Å². The predicted octanol–water partition coefficient (Wildman–Crippen LogP) is 4.19. The fourth-order valence-corrected chi connectivity index (χ4v) is 3.17. The summed E-state index contributed by atoms with van der Waals surface area (Å²) in [4.78, 5) is 2.14. The normalized spacial score (nSPS) is 12.3. The second-order valence-corrected chi connectivity index (χ2v) is 6.27. The van der Waals surface area contributed by atoms with Crippen molar-refractivity contribution in [2.45, 2.75) is 12.3 Å². The fourth-order valence-electron chi connectivity index (χ4n) is 3.17. The van der Waals surface area contributed by atoms with Crippen LogP contribution in [0.4, 0.5) is 5.69 Å². The van der Waals surface area contributed by atoms with Crippen LogP contribution in [0.3, 0.4) is 0 Å². The standard InChI is InChI=1S/C21H24N2/c1-23(2)19-10-5-7-16(14-19)13-18(15-22)21-12-6-9-17-8-3-4-11-20(17)21/h3-12,14,18H,13,15,22H2,1-2H3. The van der Waals surface area contributed by atoms with Crippen molar-refractivity contribution in [2.75, 3.05) is 25.5 Å². The van der Waals surface area contributed by atoms with Crippen LogP contribution in [-0.2, 0) is 6.42 Å². The molecule has 0 fully saturated rings. The highest BCUT2D eigenvalue weighted by molar-refractivity contribution is 5.86. The predicted molar refractivity (Wildman–Crippen MR) is 100 cm³/mol. The number of fused-ring (bicyclic) bond motifs is 1. The summed E-state index contributed by atoms with van der Waals surface area (Å²) in [5.74, 6) is 0.332. The molecule has 0 radical (unpaired) electrons. The van der Waals surface area contributed by atoms with Crippen LogP contribution in [0.15, 0.2) is 66.7 Å². The minimum absolute atomic E-state index is 0.332. The molecule has 1 atom stereocenters. The number of nitrogens with two attached hydrogens (primary N) is 1. The van der Waals surface area contributed by atoms with E-state index in [-0.39, 0.29) is 0 Å². The first-order valence-electron chi connectivity index (χ1n) is 8.13. The van der Waals surface area contributed by atoms with Gasteiger partial charge in [0.1, 0.15) is 0 Å². The van der Waals surface area contributed by atoms with Crippen molar-refractivity contribution in [3.63, 3.8) is 0 Å². The van der Waals surface area contributed by atoms with Gasteiger partial charge in [-0.15, -0.1) is 0 Å². The SMILES string of the molecule is CN(C)c1cccc(CC(CN)c2cccc3ccccc23)c1. The number of nitrogens with zero attached hydrogens (tertiary/aromatic N) is 1. The summed E-state index contributed by atoms with van der Waals surface area (Å²) in [6, 6.07) is 23.8. The molecule has 0 bridgehead atoms. The molecule has 1 unspecified atom stereocenters. The van der Waals surface area contributed by atoms with Gasteiger partial charge in [-0.2, -0.15) is 0 Å². The second-order valence-electron chi connectivity index (χ2n) is 6.27. The van der Waals surface area contributed by atoms with Crippen molar-refractivity contribution in [3.8, 4) is 0 Å². The zero-order valence-electron chi connectivity index (χ0n) is 13.9. The van der Waals surface area contributed by atoms with Crippen LogP contribution in [0.1, 0.15) is 17.0 Å². The van der Waals surface area contributed by atoms with Gasteiger partial charge in [0, 0.05) is 25.7 Å². The smallest absolute Gasteiger partial charge is 0.0363 e. The molecule has 2 heteroatoms. The zero-order chi connectivity index (χ0) is 16.2. The van der Waals surface area contributed by atoms with Gasteiger partial charge in [0.25, 0.3) is 0 Å². The monoisotopic (exact) mass is 304 g/mol. The molecule has 23 heavy (non-hydrogen) atoms. The summed E-state index contributed by atoms with van der Waals surface area (Å²) in [5, 5.41) is 2.60. The van der Waals surface area contributed by atoms with Crippen LogP contribution in [0.25, 0.3) is 10.8 Å². The number of hydrogen-bond donors (Lipinski definition) is 1. The maximum atomic E-state index is 6.13. The molecule has 0 heterocycles. The Kier molecular flexibility index (Phi) is 4.63. The van der Waals surface area contributed by atoms with Crippen LogP contribution in [-0.4, -0.2) is 20.6 Å². The Hall–Kier alpha value is -2.32. The molecule has 0 saturated carbocycles. The van der Waals surface area contributed by atoms with E-state index in [0.29, 0.717) is 12.5 Å². The topological polar surface area (TPSA) is 29.3 Å². The molecule has 0 aliphatic rings. The Morgan fingerprint density at radius 1 is 0.913 bits per heavy atom. The van der Waals surface area contributed by atoms with Crippen LogP contribution < -0.4 is 10.6 Å². The molecular formula is C21H24N2. The van der Waals surface area contributed by atoms with Crippen molar-refractivity contribution in [2.24, 2.45) is 5.73 Å². The van der Waals surface area contributed by atoms with Gasteiger partial charge in [0.2, 0.25) is 0 Å². The second kappa shape index (κ2) is 6.84. The number of benzene rings is 3. The highest BCUT2D eigenvalue weighted by Crippen LogP contribution is 2.28. The van der Waals surface area contributed by atoms with Crippen LogP contribution in [0, 0.1) is 0 Å². The minimum Gasteiger partial charge on any atom is -0.378 e. The van der Waals surface area contributed by atoms with Crippen molar-refractivity contribution in [1.82, 2.24) is 0 Å². The Balaban J connectivity index is 1.95. The third kappa shape index (κ3) is 3.38. The van der Waals surface area contributed by atoms with Gasteiger partial charge in [0.05, 0.1) is 0 Å². The van der Waals surface area contributed by atoms with E-state index in [1.54, 1.807) is 0 Å². The van der Waals surface area contributed by atoms with Crippen molar-refractivity contribution in [3.05, 3.63) is 77.9 Å². The lowest BCUT2D eigenvalue weighted by molar-refractivity contribution is 0.699. The molecular weight excluding hydrogens is 280 g/mol. The molecule has 0 saturated heterocycles. The first kappa shape index (κ1) is 15.6. The Morgan fingerprint density at radius 2 is 1.65 bits per heavy atom. The molecule has 3 rings (SSSR count). The van der Waals surface area contributed by atoms with Crippen molar-refractivity contribution >= 4 is 16.5 Å². The summed E-state index contributed by atoms with van der Waals surface area (Å²) in [5.41, 5.74) is 10.0. The van der Waals surface area contributed by atoms with Crippen molar-refractivity contribution < 1.29 is 0 Å². The van der Waals surface area contributed by atoms with Crippen LogP contribution in [0.2, 0.25) is 0 Å². The molecule has 3 aromatic rings. The lowest BCUT2D eigenvalue weighted by atomic mass is 9.88. The fraction of sp³-hybridized carbons (Fsp3) is 0.238. The highest BCUT2D eigenvalue weighted by atomic mass is 15.1. The van der Waals surface area contributed by atoms with E-state index in [1.165, 1.54) is 27.6 Å². The van der Waals surface area contributed by atoms with Gasteiger partial charge in [-0.1, -0.05) is 54.6 Å². The maximum absolute atomic E-state index is 6.13. The van der Waals surface area contributed by atoms with E-state index in [1.807, 2.05) is 0 Å². The van der Waals surface area contributed by atoms with E-state index in [4.69, 9.17) is 5.73 Å². The first-order chi connectivity index (χ1) is 11.2. The average Bonchev–Trinajstić information content (AvgIpc) is 2.59. The van der Waals surface area contributed by atoms with Gasteiger partial charge in [-0.3, -0.25) is 0 Å². The summed E-state index contributed by atoms with van der Waals surface area (Å²) >= 11 is 0. The van der Waals surface area contributed by atoms with E-state index < -0.39 is 0 Å². The highest BCUT2D eigenvalue weighted by Gasteiger charge is 2.14. The largest absolute Gasteiger partial charge is 0.378 e. The third-order valence-electron chi connectivity index (χ3n) is 4.46. The Labute approximate surface area is 138 Å². The summed E-state index contributed by atoms with van der Waals surface area (Å²) in [6.07, 6.45) is 0.964. The molecule has 0 amide bonds. The summed E-state index contributed by atoms with van der Waals surface area (Å²) < 4.78 is 0. The molecule has 0 aliphatic carbocycles. The maximum Gasteiger partial charge on any atom is 0.0363 e. The molecule has 2 nitrogen and oxygen atoms in total. The van der Waals surface area contributed by atoms with Gasteiger partial charge in [-0.05, 0) is 47.0 Å². The summed E-state index contributed by atoms with van der Waals surface area (Å²) in [7, 11) is 4.15. The van der Waals surface area contributed by atoms with E-state index in [9.17, 15) is 0 Å². The molecule has 0 aromatic heterocycles. The zero-order valence-corrected chi connectivity index (χ0v) is 13.9.